The number of guanidine groups is 1. The largest absolute Gasteiger partial charge is 0.492 e. The molecule has 1 saturated carbocycles. The number of benzene rings is 1. The SMILES string of the molecule is CCNC(=NCCCOCC1CC1)NCCOc1ccc(C)cc1.I. The van der Waals surface area contributed by atoms with Gasteiger partial charge >= 0.3 is 0 Å². The molecule has 1 aliphatic carbocycles. The Bertz CT molecular complexity index is 490. The molecule has 0 amide bonds. The molecule has 0 aromatic heterocycles. The molecule has 0 atom stereocenters. The number of aliphatic imine (C=N–C) groups is 1. The molecule has 0 heterocycles. The smallest absolute Gasteiger partial charge is 0.191 e. The Balaban J connectivity index is 0.00000312. The molecular weight excluding hydrogens is 429 g/mol. The second kappa shape index (κ2) is 13.2. The van der Waals surface area contributed by atoms with Crippen LogP contribution < -0.4 is 15.4 Å². The van der Waals surface area contributed by atoms with Crippen molar-refractivity contribution in [1.29, 1.82) is 0 Å². The summed E-state index contributed by atoms with van der Waals surface area (Å²) in [6, 6.07) is 8.10. The van der Waals surface area contributed by atoms with Gasteiger partial charge in [-0.1, -0.05) is 17.7 Å². The summed E-state index contributed by atoms with van der Waals surface area (Å²) < 4.78 is 11.3. The van der Waals surface area contributed by atoms with E-state index in [0.29, 0.717) is 6.61 Å². The van der Waals surface area contributed by atoms with E-state index in [1.165, 1.54) is 18.4 Å². The highest BCUT2D eigenvalue weighted by atomic mass is 127. The molecular formula is C19H32IN3O2. The summed E-state index contributed by atoms with van der Waals surface area (Å²) in [5.74, 6) is 2.57. The number of ether oxygens (including phenoxy) is 2. The van der Waals surface area contributed by atoms with Crippen molar-refractivity contribution in [3.8, 4) is 5.75 Å². The van der Waals surface area contributed by atoms with Crippen LogP contribution in [0.2, 0.25) is 0 Å². The van der Waals surface area contributed by atoms with Gasteiger partial charge in [0, 0.05) is 26.3 Å². The Morgan fingerprint density at radius 2 is 1.92 bits per heavy atom. The van der Waals surface area contributed by atoms with Gasteiger partial charge in [-0.25, -0.2) is 0 Å². The highest BCUT2D eigenvalue weighted by molar-refractivity contribution is 14.0. The average Bonchev–Trinajstić information content (AvgIpc) is 3.40. The number of hydrogen-bond donors (Lipinski definition) is 2. The van der Waals surface area contributed by atoms with Gasteiger partial charge in [-0.2, -0.15) is 0 Å². The van der Waals surface area contributed by atoms with E-state index in [-0.39, 0.29) is 24.0 Å². The number of nitrogens with zero attached hydrogens (tertiary/aromatic N) is 1. The van der Waals surface area contributed by atoms with Crippen LogP contribution in [0.25, 0.3) is 0 Å². The van der Waals surface area contributed by atoms with Crippen molar-refractivity contribution < 1.29 is 9.47 Å². The topological polar surface area (TPSA) is 54.9 Å². The van der Waals surface area contributed by atoms with Crippen molar-refractivity contribution in [2.75, 3.05) is 39.5 Å². The molecule has 6 heteroatoms. The van der Waals surface area contributed by atoms with Crippen LogP contribution in [0.5, 0.6) is 5.75 Å². The van der Waals surface area contributed by atoms with Gasteiger partial charge in [0.1, 0.15) is 12.4 Å². The standard InChI is InChI=1S/C19H31N3O2.HI/c1-3-20-19(21-11-4-13-23-15-17-7-8-17)22-12-14-24-18-9-5-16(2)6-10-18;/h5-6,9-10,17H,3-4,7-8,11-15H2,1-2H3,(H2,20,21,22);1H. The third-order valence-corrected chi connectivity index (χ3v) is 3.80. The molecule has 5 nitrogen and oxygen atoms in total. The number of aryl methyl sites for hydroxylation is 1. The Kier molecular flexibility index (Phi) is 11.6. The van der Waals surface area contributed by atoms with E-state index in [9.17, 15) is 0 Å². The molecule has 0 bridgehead atoms. The summed E-state index contributed by atoms with van der Waals surface area (Å²) in [7, 11) is 0. The zero-order valence-corrected chi connectivity index (χ0v) is 17.8. The van der Waals surface area contributed by atoms with Crippen LogP contribution >= 0.6 is 24.0 Å². The van der Waals surface area contributed by atoms with Crippen LogP contribution in [0, 0.1) is 12.8 Å². The van der Waals surface area contributed by atoms with E-state index in [1.807, 2.05) is 12.1 Å². The van der Waals surface area contributed by atoms with E-state index in [2.05, 4.69) is 41.6 Å². The quantitative estimate of drug-likeness (QED) is 0.230. The lowest BCUT2D eigenvalue weighted by Gasteiger charge is -2.12. The van der Waals surface area contributed by atoms with Crippen LogP contribution in [0.3, 0.4) is 0 Å². The maximum absolute atomic E-state index is 5.71. The van der Waals surface area contributed by atoms with Gasteiger partial charge in [-0.3, -0.25) is 4.99 Å². The predicted octanol–water partition coefficient (Wildman–Crippen LogP) is 3.36. The lowest BCUT2D eigenvalue weighted by Crippen LogP contribution is -2.39. The molecule has 2 rings (SSSR count). The molecule has 0 aliphatic heterocycles. The maximum Gasteiger partial charge on any atom is 0.191 e. The first-order valence-electron chi connectivity index (χ1n) is 9.07. The third-order valence-electron chi connectivity index (χ3n) is 3.80. The van der Waals surface area contributed by atoms with Gasteiger partial charge in [0.25, 0.3) is 0 Å². The molecule has 2 N–H and O–H groups in total. The van der Waals surface area contributed by atoms with Crippen molar-refractivity contribution in [3.63, 3.8) is 0 Å². The van der Waals surface area contributed by atoms with Crippen LogP contribution in [0.15, 0.2) is 29.3 Å². The minimum absolute atomic E-state index is 0. The molecule has 1 aromatic rings. The summed E-state index contributed by atoms with van der Waals surface area (Å²) in [5, 5.41) is 6.54. The van der Waals surface area contributed by atoms with E-state index in [0.717, 1.165) is 56.9 Å². The Morgan fingerprint density at radius 3 is 2.60 bits per heavy atom. The molecule has 0 unspecified atom stereocenters. The van der Waals surface area contributed by atoms with E-state index in [1.54, 1.807) is 0 Å². The molecule has 0 spiro atoms. The third kappa shape index (κ3) is 10.5. The number of hydrogen-bond acceptors (Lipinski definition) is 3. The van der Waals surface area contributed by atoms with Gasteiger partial charge < -0.3 is 20.1 Å². The van der Waals surface area contributed by atoms with Gasteiger partial charge in [0.15, 0.2) is 5.96 Å². The van der Waals surface area contributed by atoms with Gasteiger partial charge in [0.2, 0.25) is 0 Å². The lowest BCUT2D eigenvalue weighted by molar-refractivity contribution is 0.123. The van der Waals surface area contributed by atoms with Gasteiger partial charge in [0.05, 0.1) is 6.54 Å². The summed E-state index contributed by atoms with van der Waals surface area (Å²) in [6.07, 6.45) is 3.65. The molecule has 0 saturated heterocycles. The molecule has 0 radical (unpaired) electrons. The second-order valence-electron chi connectivity index (χ2n) is 6.22. The maximum atomic E-state index is 5.71. The summed E-state index contributed by atoms with van der Waals surface area (Å²) in [4.78, 5) is 4.56. The first kappa shape index (κ1) is 22.0. The fraction of sp³-hybridized carbons (Fsp3) is 0.632. The zero-order valence-electron chi connectivity index (χ0n) is 15.4. The first-order chi connectivity index (χ1) is 11.8. The molecule has 1 aromatic carbocycles. The molecule has 25 heavy (non-hydrogen) atoms. The number of nitrogens with one attached hydrogen (secondary N) is 2. The zero-order chi connectivity index (χ0) is 17.0. The summed E-state index contributed by atoms with van der Waals surface area (Å²) in [6.45, 7) is 8.83. The fourth-order valence-electron chi connectivity index (χ4n) is 2.21. The van der Waals surface area contributed by atoms with Crippen molar-refractivity contribution in [3.05, 3.63) is 29.8 Å². The molecule has 1 aliphatic rings. The van der Waals surface area contributed by atoms with Crippen LogP contribution in [0.4, 0.5) is 0 Å². The molecule has 1 fully saturated rings. The average molecular weight is 461 g/mol. The monoisotopic (exact) mass is 461 g/mol. The van der Waals surface area contributed by atoms with E-state index < -0.39 is 0 Å². The van der Waals surface area contributed by atoms with Crippen molar-refractivity contribution in [2.24, 2.45) is 10.9 Å². The van der Waals surface area contributed by atoms with Crippen LogP contribution in [0.1, 0.15) is 31.7 Å². The van der Waals surface area contributed by atoms with Gasteiger partial charge in [-0.05, 0) is 51.2 Å². The Hall–Kier alpha value is -1.02. The first-order valence-corrected chi connectivity index (χ1v) is 9.07. The highest BCUT2D eigenvalue weighted by Crippen LogP contribution is 2.28. The highest BCUT2D eigenvalue weighted by Gasteiger charge is 2.20. The summed E-state index contributed by atoms with van der Waals surface area (Å²) in [5.41, 5.74) is 1.24. The second-order valence-corrected chi connectivity index (χ2v) is 6.22. The van der Waals surface area contributed by atoms with E-state index >= 15 is 0 Å². The van der Waals surface area contributed by atoms with Crippen molar-refractivity contribution in [2.45, 2.75) is 33.1 Å². The Morgan fingerprint density at radius 1 is 1.16 bits per heavy atom. The van der Waals surface area contributed by atoms with Crippen molar-refractivity contribution >= 4 is 29.9 Å². The normalized spacial score (nSPS) is 13.9. The van der Waals surface area contributed by atoms with Crippen LogP contribution in [-0.4, -0.2) is 45.4 Å². The number of halogens is 1. The van der Waals surface area contributed by atoms with Crippen LogP contribution in [-0.2, 0) is 4.74 Å². The van der Waals surface area contributed by atoms with Crippen molar-refractivity contribution in [1.82, 2.24) is 10.6 Å². The summed E-state index contributed by atoms with van der Waals surface area (Å²) >= 11 is 0. The number of rotatable bonds is 11. The van der Waals surface area contributed by atoms with E-state index in [4.69, 9.17) is 9.47 Å². The van der Waals surface area contributed by atoms with Gasteiger partial charge in [-0.15, -0.1) is 24.0 Å². The fourth-order valence-corrected chi connectivity index (χ4v) is 2.21. The minimum Gasteiger partial charge on any atom is -0.492 e. The lowest BCUT2D eigenvalue weighted by atomic mass is 10.2. The molecule has 142 valence electrons. The minimum atomic E-state index is 0. The predicted molar refractivity (Wildman–Crippen MR) is 114 cm³/mol. The Labute approximate surface area is 169 Å².